The smallest absolute Gasteiger partial charge is 0.166 e. The van der Waals surface area contributed by atoms with E-state index in [1.165, 1.54) is 11.4 Å². The highest BCUT2D eigenvalue weighted by Crippen LogP contribution is 2.43. The van der Waals surface area contributed by atoms with Crippen LogP contribution in [0.4, 0.5) is 52.7 Å². The van der Waals surface area contributed by atoms with Gasteiger partial charge in [0.05, 0.1) is 27.0 Å². The third kappa shape index (κ3) is 5.36. The van der Waals surface area contributed by atoms with Crippen molar-refractivity contribution in [3.63, 3.8) is 0 Å². The van der Waals surface area contributed by atoms with Crippen LogP contribution >= 0.6 is 11.3 Å². The minimum atomic E-state index is -5.16. The topological polar surface area (TPSA) is 25.8 Å². The van der Waals surface area contributed by atoms with Crippen molar-refractivity contribution in [2.24, 2.45) is 0 Å². The Kier molecular flexibility index (Phi) is 6.20. The van der Waals surface area contributed by atoms with Crippen molar-refractivity contribution in [2.75, 3.05) is 0 Å². The zero-order chi connectivity index (χ0) is 27.6. The lowest BCUT2D eigenvalue weighted by molar-refractivity contribution is -0.144. The summed E-state index contributed by atoms with van der Waals surface area (Å²) in [6.07, 6.45) is -20.7. The molecule has 0 N–H and O–H groups in total. The molecule has 4 aromatic rings. The van der Waals surface area contributed by atoms with Gasteiger partial charge in [-0.05, 0) is 47.8 Å². The summed E-state index contributed by atoms with van der Waals surface area (Å²) in [7, 11) is 0. The number of thiophene rings is 1. The Bertz CT molecular complexity index is 1300. The fourth-order valence-corrected chi connectivity index (χ4v) is 4.37. The number of aromatic nitrogens is 2. The van der Waals surface area contributed by atoms with Gasteiger partial charge in [-0.25, -0.2) is 0 Å². The molecule has 0 aliphatic heterocycles. The SMILES string of the molecule is FC(F)(F)c1cc(-c2nnc(-c3cc(C(F)(F)F)cc(C(F)(F)F)c3)c3sccc23)cc(C(F)(F)F)c1. The van der Waals surface area contributed by atoms with Crippen molar-refractivity contribution in [1.82, 2.24) is 10.2 Å². The highest BCUT2D eigenvalue weighted by Gasteiger charge is 2.39. The minimum Gasteiger partial charge on any atom is -0.166 e. The second-order valence-electron chi connectivity index (χ2n) is 7.65. The first-order chi connectivity index (χ1) is 16.9. The van der Waals surface area contributed by atoms with Gasteiger partial charge in [-0.1, -0.05) is 0 Å². The first-order valence-electron chi connectivity index (χ1n) is 9.69. The van der Waals surface area contributed by atoms with Crippen molar-refractivity contribution < 1.29 is 52.7 Å². The summed E-state index contributed by atoms with van der Waals surface area (Å²) in [5, 5.41) is 8.41. The molecule has 0 aliphatic carbocycles. The van der Waals surface area contributed by atoms with E-state index in [-0.39, 0.29) is 22.2 Å². The summed E-state index contributed by atoms with van der Waals surface area (Å²) in [5.74, 6) is 0. The molecule has 0 saturated carbocycles. The van der Waals surface area contributed by atoms with Crippen LogP contribution in [0.3, 0.4) is 0 Å². The second kappa shape index (κ2) is 8.60. The molecule has 2 aromatic heterocycles. The van der Waals surface area contributed by atoms with Gasteiger partial charge in [-0.15, -0.1) is 21.5 Å². The molecule has 0 bridgehead atoms. The average molecular weight is 560 g/mol. The molecule has 0 aliphatic rings. The van der Waals surface area contributed by atoms with E-state index in [2.05, 4.69) is 10.2 Å². The molecular weight excluding hydrogens is 552 g/mol. The molecule has 0 amide bonds. The van der Waals surface area contributed by atoms with Gasteiger partial charge in [0.2, 0.25) is 0 Å². The van der Waals surface area contributed by atoms with E-state index in [1.54, 1.807) is 0 Å². The summed E-state index contributed by atoms with van der Waals surface area (Å²) in [4.78, 5) is 0. The van der Waals surface area contributed by atoms with Gasteiger partial charge in [-0.2, -0.15) is 52.7 Å². The van der Waals surface area contributed by atoms with Crippen LogP contribution in [-0.4, -0.2) is 10.2 Å². The Balaban J connectivity index is 1.97. The average Bonchev–Trinajstić information content (AvgIpc) is 3.25. The molecule has 2 heterocycles. The number of benzene rings is 2. The summed E-state index contributed by atoms with van der Waals surface area (Å²) < 4.78 is 159. The lowest BCUT2D eigenvalue weighted by atomic mass is 9.99. The molecule has 2 nitrogen and oxygen atoms in total. The molecule has 0 unspecified atom stereocenters. The quantitative estimate of drug-likeness (QED) is 0.229. The molecule has 4 rings (SSSR count). The van der Waals surface area contributed by atoms with E-state index in [0.717, 1.165) is 11.3 Å². The number of alkyl halides is 12. The van der Waals surface area contributed by atoms with Gasteiger partial charge in [0.25, 0.3) is 0 Å². The highest BCUT2D eigenvalue weighted by molar-refractivity contribution is 7.17. The Morgan fingerprint density at radius 1 is 0.486 bits per heavy atom. The number of hydrogen-bond donors (Lipinski definition) is 0. The summed E-state index contributed by atoms with van der Waals surface area (Å²) >= 11 is 0.754. The monoisotopic (exact) mass is 560 g/mol. The van der Waals surface area contributed by atoms with Crippen LogP contribution < -0.4 is 0 Å². The second-order valence-corrected chi connectivity index (χ2v) is 8.57. The van der Waals surface area contributed by atoms with Crippen LogP contribution in [0.5, 0.6) is 0 Å². The Morgan fingerprint density at radius 3 is 1.22 bits per heavy atom. The van der Waals surface area contributed by atoms with Gasteiger partial charge < -0.3 is 0 Å². The molecular formula is C22H8F12N2S. The van der Waals surface area contributed by atoms with E-state index < -0.39 is 69.5 Å². The van der Waals surface area contributed by atoms with Crippen LogP contribution in [0.1, 0.15) is 22.3 Å². The lowest BCUT2D eigenvalue weighted by Crippen LogP contribution is -2.11. The van der Waals surface area contributed by atoms with Crippen molar-refractivity contribution in [1.29, 1.82) is 0 Å². The summed E-state index contributed by atoms with van der Waals surface area (Å²) in [6, 6.07) is 2.58. The number of rotatable bonds is 2. The number of nitrogens with zero attached hydrogens (tertiary/aromatic N) is 2. The van der Waals surface area contributed by atoms with Crippen molar-refractivity contribution in [2.45, 2.75) is 24.7 Å². The Labute approximate surface area is 202 Å². The summed E-state index contributed by atoms with van der Waals surface area (Å²) in [6.45, 7) is 0. The maximum atomic E-state index is 13.3. The maximum Gasteiger partial charge on any atom is 0.416 e. The van der Waals surface area contributed by atoms with Gasteiger partial charge in [0.15, 0.2) is 0 Å². The molecule has 0 fully saturated rings. The number of fused-ring (bicyclic) bond motifs is 1. The van der Waals surface area contributed by atoms with Gasteiger partial charge in [0.1, 0.15) is 11.4 Å². The number of hydrogen-bond acceptors (Lipinski definition) is 3. The minimum absolute atomic E-state index is 0.0941. The van der Waals surface area contributed by atoms with E-state index in [4.69, 9.17) is 0 Å². The predicted octanol–water partition coefficient (Wildman–Crippen LogP) is 9.10. The summed E-state index contributed by atoms with van der Waals surface area (Å²) in [5.41, 5.74) is -8.79. The third-order valence-corrected chi connectivity index (χ3v) is 6.03. The van der Waals surface area contributed by atoms with Crippen molar-refractivity contribution >= 4 is 21.4 Å². The number of halogens is 12. The van der Waals surface area contributed by atoms with Crippen LogP contribution in [0, 0.1) is 0 Å². The van der Waals surface area contributed by atoms with Gasteiger partial charge >= 0.3 is 24.7 Å². The molecule has 0 saturated heterocycles. The van der Waals surface area contributed by atoms with Gasteiger partial charge in [-0.3, -0.25) is 0 Å². The maximum absolute atomic E-state index is 13.3. The first kappa shape index (κ1) is 26.7. The fraction of sp³-hybridized carbons (Fsp3) is 0.182. The normalized spacial score (nSPS) is 13.4. The van der Waals surface area contributed by atoms with Crippen LogP contribution in [0.2, 0.25) is 0 Å². The zero-order valence-electron chi connectivity index (χ0n) is 17.5. The Hall–Kier alpha value is -3.36. The molecule has 37 heavy (non-hydrogen) atoms. The molecule has 0 atom stereocenters. The molecule has 0 spiro atoms. The van der Waals surface area contributed by atoms with Gasteiger partial charge in [0, 0.05) is 16.5 Å². The molecule has 196 valence electrons. The molecule has 2 aromatic carbocycles. The van der Waals surface area contributed by atoms with Crippen molar-refractivity contribution in [3.05, 3.63) is 70.1 Å². The van der Waals surface area contributed by atoms with E-state index in [1.807, 2.05) is 0 Å². The largest absolute Gasteiger partial charge is 0.416 e. The fourth-order valence-electron chi connectivity index (χ4n) is 3.46. The van der Waals surface area contributed by atoms with E-state index >= 15 is 0 Å². The highest BCUT2D eigenvalue weighted by atomic mass is 32.1. The zero-order valence-corrected chi connectivity index (χ0v) is 18.3. The predicted molar refractivity (Wildman–Crippen MR) is 108 cm³/mol. The standard InChI is InChI=1S/C22H8F12N2S/c23-19(24,25)11-3-9(4-12(7-11)20(26,27)28)16-15-1-2-37-18(15)17(36-35-16)10-5-13(21(29,30)31)8-14(6-10)22(32,33)34/h1-8H. The van der Waals surface area contributed by atoms with Crippen LogP contribution in [0.15, 0.2) is 47.8 Å². The Morgan fingerprint density at radius 2 is 0.838 bits per heavy atom. The van der Waals surface area contributed by atoms with E-state index in [0.29, 0.717) is 24.3 Å². The van der Waals surface area contributed by atoms with E-state index in [9.17, 15) is 52.7 Å². The van der Waals surface area contributed by atoms with Crippen LogP contribution in [-0.2, 0) is 24.7 Å². The van der Waals surface area contributed by atoms with Crippen LogP contribution in [0.25, 0.3) is 32.6 Å². The third-order valence-electron chi connectivity index (χ3n) is 5.11. The van der Waals surface area contributed by atoms with Crippen molar-refractivity contribution in [3.8, 4) is 22.5 Å². The first-order valence-corrected chi connectivity index (χ1v) is 10.6. The molecule has 15 heteroatoms. The lowest BCUT2D eigenvalue weighted by Gasteiger charge is -2.16. The molecule has 0 radical (unpaired) electrons.